The van der Waals surface area contributed by atoms with Crippen LogP contribution in [0.1, 0.15) is 39.1 Å². The van der Waals surface area contributed by atoms with Gasteiger partial charge in [0.15, 0.2) is 0 Å². The first kappa shape index (κ1) is 33.8. The lowest BCUT2D eigenvalue weighted by Gasteiger charge is -2.27. The minimum atomic E-state index is -1.01. The second kappa shape index (κ2) is 14.2. The zero-order valence-corrected chi connectivity index (χ0v) is 29.1. The Morgan fingerprint density at radius 3 is 2.53 bits per heavy atom. The Morgan fingerprint density at radius 2 is 1.76 bits per heavy atom. The number of hydrogen-bond donors (Lipinski definition) is 2. The van der Waals surface area contributed by atoms with Crippen molar-refractivity contribution in [1.82, 2.24) is 25.2 Å². The van der Waals surface area contributed by atoms with E-state index in [1.54, 1.807) is 23.6 Å². The van der Waals surface area contributed by atoms with E-state index in [9.17, 15) is 19.2 Å². The van der Waals surface area contributed by atoms with Crippen molar-refractivity contribution in [1.29, 1.82) is 0 Å². The van der Waals surface area contributed by atoms with Gasteiger partial charge in [-0.15, -0.1) is 11.3 Å². The molecule has 2 aromatic carbocycles. The first-order valence-corrected chi connectivity index (χ1v) is 17.3. The number of benzene rings is 2. The predicted octanol–water partition coefficient (Wildman–Crippen LogP) is 4.70. The Labute approximate surface area is 297 Å². The third-order valence-corrected chi connectivity index (χ3v) is 9.80. The first-order valence-electron chi connectivity index (χ1n) is 16.5. The molecule has 1 fully saturated rings. The molecule has 51 heavy (non-hydrogen) atoms. The molecule has 5 heterocycles. The van der Waals surface area contributed by atoms with Gasteiger partial charge in [0.05, 0.1) is 40.3 Å². The van der Waals surface area contributed by atoms with Gasteiger partial charge < -0.3 is 19.7 Å². The van der Waals surface area contributed by atoms with E-state index in [0.29, 0.717) is 31.3 Å². The van der Waals surface area contributed by atoms with Gasteiger partial charge in [0.25, 0.3) is 11.8 Å². The number of hydrogen-bond acceptors (Lipinski definition) is 12. The van der Waals surface area contributed by atoms with Crippen LogP contribution in [0.4, 0.5) is 11.5 Å². The summed E-state index contributed by atoms with van der Waals surface area (Å²) in [5, 5.41) is 6.38. The van der Waals surface area contributed by atoms with Crippen LogP contribution in [0.2, 0.25) is 0 Å². The summed E-state index contributed by atoms with van der Waals surface area (Å²) in [6.07, 6.45) is 3.84. The Morgan fingerprint density at radius 1 is 0.922 bits per heavy atom. The summed E-state index contributed by atoms with van der Waals surface area (Å²) in [6, 6.07) is 15.8. The van der Waals surface area contributed by atoms with E-state index < -0.39 is 29.7 Å². The highest BCUT2D eigenvalue weighted by atomic mass is 32.1. The lowest BCUT2D eigenvalue weighted by Crippen LogP contribution is -2.54. The summed E-state index contributed by atoms with van der Waals surface area (Å²) < 4.78 is 12.6. The van der Waals surface area contributed by atoms with Gasteiger partial charge in [-0.25, -0.2) is 9.97 Å². The molecule has 0 saturated carbocycles. The molecule has 1 saturated heterocycles. The van der Waals surface area contributed by atoms with Gasteiger partial charge in [-0.05, 0) is 73.5 Å². The Balaban J connectivity index is 0.857. The smallest absolute Gasteiger partial charge is 0.262 e. The number of rotatable bonds is 12. The molecule has 5 aromatic rings. The van der Waals surface area contributed by atoms with Gasteiger partial charge in [0, 0.05) is 56.3 Å². The molecule has 0 radical (unpaired) electrons. The van der Waals surface area contributed by atoms with Gasteiger partial charge in [-0.3, -0.25) is 34.4 Å². The summed E-state index contributed by atoms with van der Waals surface area (Å²) in [5.74, 6) is -1.09. The highest BCUT2D eigenvalue weighted by Gasteiger charge is 2.44. The average Bonchev–Trinajstić information content (AvgIpc) is 3.65. The number of amides is 4. The van der Waals surface area contributed by atoms with Gasteiger partial charge in [0.2, 0.25) is 11.8 Å². The molecule has 0 aliphatic carbocycles. The minimum absolute atomic E-state index is 0.0646. The number of aryl methyl sites for hydroxylation is 1. The zero-order valence-electron chi connectivity index (χ0n) is 28.3. The SMILES string of the molecule is Cc1cc(-c2ccc(NCCOCCOc3ccc4c(c3)C(=O)N(C3CCC(=O)NC3=O)C4=O)nc2)ncc1-c1nc2ccc(N(C)C)cc2s1. The fourth-order valence-corrected chi connectivity index (χ4v) is 7.08. The van der Waals surface area contributed by atoms with Crippen LogP contribution in [0, 0.1) is 6.92 Å². The Bertz CT molecular complexity index is 2170. The van der Waals surface area contributed by atoms with E-state index in [2.05, 4.69) is 51.7 Å². The lowest BCUT2D eigenvalue weighted by atomic mass is 10.0. The molecule has 14 heteroatoms. The molecule has 2 aliphatic heterocycles. The molecule has 260 valence electrons. The molecular formula is C37H35N7O6S. The number of thiazole rings is 1. The number of aromatic nitrogens is 3. The van der Waals surface area contributed by atoms with Gasteiger partial charge >= 0.3 is 0 Å². The molecular weight excluding hydrogens is 671 g/mol. The second-order valence-electron chi connectivity index (χ2n) is 12.4. The Hall–Kier alpha value is -5.73. The quantitative estimate of drug-likeness (QED) is 0.137. The zero-order chi connectivity index (χ0) is 35.6. The van der Waals surface area contributed by atoms with Crippen LogP contribution in [0.15, 0.2) is 67.0 Å². The van der Waals surface area contributed by atoms with Gasteiger partial charge in [-0.2, -0.15) is 0 Å². The lowest BCUT2D eigenvalue weighted by molar-refractivity contribution is -0.136. The molecule has 4 amide bonds. The molecule has 1 unspecified atom stereocenters. The predicted molar refractivity (Wildman–Crippen MR) is 193 cm³/mol. The summed E-state index contributed by atoms with van der Waals surface area (Å²) in [6.45, 7) is 3.54. The third kappa shape index (κ3) is 7.00. The highest BCUT2D eigenvalue weighted by Crippen LogP contribution is 2.35. The molecule has 1 atom stereocenters. The van der Waals surface area contributed by atoms with Crippen LogP contribution < -0.4 is 20.3 Å². The molecule has 0 bridgehead atoms. The summed E-state index contributed by atoms with van der Waals surface area (Å²) in [7, 11) is 4.06. The molecule has 7 rings (SSSR count). The van der Waals surface area contributed by atoms with Crippen LogP contribution >= 0.6 is 11.3 Å². The maximum atomic E-state index is 13.0. The van der Waals surface area contributed by atoms with Crippen molar-refractivity contribution in [2.45, 2.75) is 25.8 Å². The maximum absolute atomic E-state index is 13.0. The van der Waals surface area contributed by atoms with Crippen LogP contribution in [0.25, 0.3) is 32.0 Å². The number of pyridine rings is 2. The summed E-state index contributed by atoms with van der Waals surface area (Å²) in [4.78, 5) is 66.7. The van der Waals surface area contributed by atoms with Crippen molar-refractivity contribution in [3.63, 3.8) is 0 Å². The fourth-order valence-electron chi connectivity index (χ4n) is 6.01. The van der Waals surface area contributed by atoms with Crippen LogP contribution in [0.5, 0.6) is 5.75 Å². The average molecular weight is 706 g/mol. The van der Waals surface area contributed by atoms with E-state index in [0.717, 1.165) is 48.2 Å². The normalized spacial score (nSPS) is 15.7. The van der Waals surface area contributed by atoms with Crippen molar-refractivity contribution in [2.24, 2.45) is 0 Å². The standard InChI is InChI=1S/C37H35N7O6S/c1-21-16-29(39-20-27(21)35-41-28-8-5-23(43(2)3)17-31(28)51-35)22-4-10-32(40-19-22)38-12-13-49-14-15-50-24-6-7-25-26(18-24)37(48)44(36(25)47)30-9-11-33(45)42-34(30)46/h4-8,10,16-20,30H,9,11-15H2,1-3H3,(H,38,40)(H,42,45,46). The van der Waals surface area contributed by atoms with E-state index in [4.69, 9.17) is 19.4 Å². The van der Waals surface area contributed by atoms with Crippen molar-refractivity contribution in [2.75, 3.05) is 50.7 Å². The summed E-state index contributed by atoms with van der Waals surface area (Å²) in [5.41, 5.74) is 6.33. The number of ether oxygens (including phenoxy) is 2. The van der Waals surface area contributed by atoms with E-state index in [1.165, 1.54) is 12.1 Å². The number of imide groups is 2. The molecule has 2 N–H and O–H groups in total. The van der Waals surface area contributed by atoms with Crippen molar-refractivity contribution < 1.29 is 28.7 Å². The third-order valence-electron chi connectivity index (χ3n) is 8.75. The molecule has 13 nitrogen and oxygen atoms in total. The number of anilines is 2. The van der Waals surface area contributed by atoms with Crippen LogP contribution in [-0.2, 0) is 14.3 Å². The fraction of sp³-hybridized carbons (Fsp3) is 0.270. The minimum Gasteiger partial charge on any atom is -0.491 e. The number of carbonyl (C=O) groups excluding carboxylic acids is 4. The number of fused-ring (bicyclic) bond motifs is 2. The molecule has 2 aliphatic rings. The molecule has 3 aromatic heterocycles. The van der Waals surface area contributed by atoms with Crippen molar-refractivity contribution in [3.8, 4) is 27.6 Å². The number of piperidine rings is 1. The number of nitrogens with one attached hydrogen (secondary N) is 2. The molecule has 0 spiro atoms. The van der Waals surface area contributed by atoms with E-state index >= 15 is 0 Å². The van der Waals surface area contributed by atoms with E-state index in [1.807, 2.05) is 32.4 Å². The largest absolute Gasteiger partial charge is 0.491 e. The van der Waals surface area contributed by atoms with Crippen molar-refractivity contribution >= 4 is 56.7 Å². The van der Waals surface area contributed by atoms with Crippen LogP contribution in [0.3, 0.4) is 0 Å². The Kier molecular flexibility index (Phi) is 9.43. The first-order chi connectivity index (χ1) is 24.7. The van der Waals surface area contributed by atoms with Crippen LogP contribution in [-0.4, -0.2) is 90.0 Å². The van der Waals surface area contributed by atoms with Gasteiger partial charge in [-0.1, -0.05) is 0 Å². The monoisotopic (exact) mass is 705 g/mol. The van der Waals surface area contributed by atoms with Crippen molar-refractivity contribution in [3.05, 3.63) is 83.7 Å². The van der Waals surface area contributed by atoms with Gasteiger partial charge in [0.1, 0.15) is 29.2 Å². The topological polar surface area (TPSA) is 156 Å². The highest BCUT2D eigenvalue weighted by molar-refractivity contribution is 7.21. The summed E-state index contributed by atoms with van der Waals surface area (Å²) >= 11 is 1.66. The maximum Gasteiger partial charge on any atom is 0.262 e. The second-order valence-corrected chi connectivity index (χ2v) is 13.5. The number of nitrogens with zero attached hydrogens (tertiary/aromatic N) is 5. The number of carbonyl (C=O) groups is 4. The van der Waals surface area contributed by atoms with E-state index in [-0.39, 0.29) is 30.6 Å².